The minimum atomic E-state index is -1.90. The topological polar surface area (TPSA) is 110 Å². The molecule has 0 amide bonds. The molecule has 9 nitrogen and oxygen atoms in total. The lowest BCUT2D eigenvalue weighted by molar-refractivity contribution is -0.0568. The predicted molar refractivity (Wildman–Crippen MR) is 106 cm³/mol. The van der Waals surface area contributed by atoms with E-state index in [0.29, 0.717) is 30.0 Å². The third-order valence-electron chi connectivity index (χ3n) is 5.50. The molecular formula is C17H28N6O3Si. The van der Waals surface area contributed by atoms with Crippen LogP contribution in [0.5, 0.6) is 0 Å². The average molecular weight is 393 g/mol. The van der Waals surface area contributed by atoms with Crippen LogP contribution in [-0.2, 0) is 14.0 Å². The van der Waals surface area contributed by atoms with Crippen LogP contribution in [0.4, 0.5) is 5.82 Å². The number of oxime groups is 1. The zero-order valence-corrected chi connectivity index (χ0v) is 17.5. The van der Waals surface area contributed by atoms with Crippen molar-refractivity contribution in [2.75, 3.05) is 12.3 Å². The Hall–Kier alpha value is -2.04. The Bertz CT molecular complexity index is 819. The Morgan fingerprint density at radius 2 is 2.11 bits per heavy atom. The van der Waals surface area contributed by atoms with Gasteiger partial charge < -0.3 is 19.7 Å². The minimum Gasteiger partial charge on any atom is -0.414 e. The molecule has 3 heterocycles. The van der Waals surface area contributed by atoms with E-state index in [1.165, 1.54) is 6.33 Å². The van der Waals surface area contributed by atoms with Gasteiger partial charge in [0.2, 0.25) is 0 Å². The molecule has 3 rings (SSSR count). The van der Waals surface area contributed by atoms with Gasteiger partial charge in [-0.2, -0.15) is 0 Å². The van der Waals surface area contributed by atoms with E-state index in [9.17, 15) is 0 Å². The van der Waals surface area contributed by atoms with Gasteiger partial charge in [-0.3, -0.25) is 4.57 Å². The molecule has 1 saturated heterocycles. The molecule has 2 aromatic heterocycles. The highest BCUT2D eigenvalue weighted by atomic mass is 28.4. The second-order valence-electron chi connectivity index (χ2n) is 8.29. The van der Waals surface area contributed by atoms with E-state index in [4.69, 9.17) is 19.7 Å². The Morgan fingerprint density at radius 1 is 1.37 bits per heavy atom. The predicted octanol–water partition coefficient (Wildman–Crippen LogP) is 2.72. The standard InChI is InChI=1S/C17H28N6O3Si/c1-17(2,3)27(5,6)24-8-12-11(26-19-4)7-13(25-12)23-10-22-14-15(18)20-9-21-16(14)23/h9-13H,4,7-8H2,1-3,5-6H3,(H2,18,20,21)/t11?,12-,13-/m1/s1. The van der Waals surface area contributed by atoms with Crippen LogP contribution in [0.25, 0.3) is 11.2 Å². The zero-order chi connectivity index (χ0) is 19.8. The third kappa shape index (κ3) is 3.82. The van der Waals surface area contributed by atoms with Gasteiger partial charge in [-0.1, -0.05) is 20.8 Å². The fourth-order valence-corrected chi connectivity index (χ4v) is 3.83. The minimum absolute atomic E-state index is 0.118. The van der Waals surface area contributed by atoms with E-state index >= 15 is 0 Å². The highest BCUT2D eigenvalue weighted by molar-refractivity contribution is 6.74. The van der Waals surface area contributed by atoms with Crippen LogP contribution in [0.15, 0.2) is 17.8 Å². The molecule has 27 heavy (non-hydrogen) atoms. The summed E-state index contributed by atoms with van der Waals surface area (Å²) in [6.45, 7) is 14.9. The summed E-state index contributed by atoms with van der Waals surface area (Å²) < 4.78 is 14.4. The summed E-state index contributed by atoms with van der Waals surface area (Å²) in [6, 6.07) is 0. The van der Waals surface area contributed by atoms with E-state index in [1.54, 1.807) is 6.33 Å². The lowest BCUT2D eigenvalue weighted by Gasteiger charge is -2.37. The highest BCUT2D eigenvalue weighted by Crippen LogP contribution is 2.38. The summed E-state index contributed by atoms with van der Waals surface area (Å²) in [5.41, 5.74) is 7.06. The van der Waals surface area contributed by atoms with Crippen LogP contribution >= 0.6 is 0 Å². The van der Waals surface area contributed by atoms with Crippen LogP contribution in [0.3, 0.4) is 0 Å². The molecule has 0 saturated carbocycles. The van der Waals surface area contributed by atoms with Crippen molar-refractivity contribution in [3.63, 3.8) is 0 Å². The van der Waals surface area contributed by atoms with Crippen LogP contribution in [0.1, 0.15) is 33.4 Å². The number of nitrogens with two attached hydrogens (primary N) is 1. The molecule has 10 heteroatoms. The lowest BCUT2D eigenvalue weighted by Crippen LogP contribution is -2.44. The SMILES string of the molecule is C=NOC1C[C@H](n2cnc3c(N)ncnc32)O[C@@H]1CO[Si](C)(C)C(C)(C)C. The molecule has 0 aromatic carbocycles. The smallest absolute Gasteiger partial charge is 0.192 e. The molecule has 2 N–H and O–H groups in total. The molecule has 0 aliphatic carbocycles. The normalized spacial score (nSPS) is 23.7. The van der Waals surface area contributed by atoms with Gasteiger partial charge >= 0.3 is 0 Å². The van der Waals surface area contributed by atoms with Gasteiger partial charge in [-0.25, -0.2) is 15.0 Å². The monoisotopic (exact) mass is 392 g/mol. The van der Waals surface area contributed by atoms with Gasteiger partial charge in [0.25, 0.3) is 0 Å². The van der Waals surface area contributed by atoms with Crippen LogP contribution in [0.2, 0.25) is 18.1 Å². The first kappa shape index (κ1) is 19.7. The number of rotatable bonds is 6. The molecule has 0 radical (unpaired) electrons. The molecule has 1 aliphatic rings. The van der Waals surface area contributed by atoms with Crippen LogP contribution in [0, 0.1) is 0 Å². The van der Waals surface area contributed by atoms with Crippen molar-refractivity contribution in [2.24, 2.45) is 5.16 Å². The summed E-state index contributed by atoms with van der Waals surface area (Å²) in [7, 11) is -1.90. The summed E-state index contributed by atoms with van der Waals surface area (Å²) in [6.07, 6.45) is 2.85. The summed E-state index contributed by atoms with van der Waals surface area (Å²) >= 11 is 0. The van der Waals surface area contributed by atoms with E-state index in [1.807, 2.05) is 4.57 Å². The maximum atomic E-state index is 6.33. The van der Waals surface area contributed by atoms with Crippen molar-refractivity contribution in [2.45, 2.75) is 63.8 Å². The third-order valence-corrected chi connectivity index (χ3v) is 10.0. The number of nitrogen functional groups attached to an aromatic ring is 1. The number of anilines is 1. The lowest BCUT2D eigenvalue weighted by atomic mass is 10.2. The van der Waals surface area contributed by atoms with E-state index in [2.05, 4.69) is 60.7 Å². The number of imidazole rings is 1. The molecule has 1 fully saturated rings. The van der Waals surface area contributed by atoms with Crippen molar-refractivity contribution in [3.05, 3.63) is 12.7 Å². The molecule has 3 atom stereocenters. The average Bonchev–Trinajstić information content (AvgIpc) is 3.17. The van der Waals surface area contributed by atoms with Crippen molar-refractivity contribution < 1.29 is 14.0 Å². The molecular weight excluding hydrogens is 364 g/mol. The van der Waals surface area contributed by atoms with Gasteiger partial charge in [-0.15, -0.1) is 5.16 Å². The molecule has 1 unspecified atom stereocenters. The summed E-state index contributed by atoms with van der Waals surface area (Å²) in [4.78, 5) is 18.0. The summed E-state index contributed by atoms with van der Waals surface area (Å²) in [5, 5.41) is 3.73. The fourth-order valence-electron chi connectivity index (χ4n) is 2.82. The van der Waals surface area contributed by atoms with Crippen molar-refractivity contribution in [1.29, 1.82) is 0 Å². The molecule has 2 aromatic rings. The Morgan fingerprint density at radius 3 is 2.78 bits per heavy atom. The van der Waals surface area contributed by atoms with Gasteiger partial charge in [0.1, 0.15) is 24.2 Å². The summed E-state index contributed by atoms with van der Waals surface area (Å²) in [5.74, 6) is 0.343. The maximum absolute atomic E-state index is 6.33. The van der Waals surface area contributed by atoms with Crippen LogP contribution < -0.4 is 5.73 Å². The van der Waals surface area contributed by atoms with Gasteiger partial charge in [0, 0.05) is 13.1 Å². The molecule has 1 aliphatic heterocycles. The zero-order valence-electron chi connectivity index (χ0n) is 16.5. The second-order valence-corrected chi connectivity index (χ2v) is 13.1. The number of hydrogen-bond acceptors (Lipinski definition) is 8. The van der Waals surface area contributed by atoms with Gasteiger partial charge in [0.05, 0.1) is 12.9 Å². The quantitative estimate of drug-likeness (QED) is 0.457. The molecule has 0 spiro atoms. The van der Waals surface area contributed by atoms with E-state index in [-0.39, 0.29) is 23.5 Å². The van der Waals surface area contributed by atoms with E-state index in [0.717, 1.165) is 0 Å². The van der Waals surface area contributed by atoms with Crippen molar-refractivity contribution in [1.82, 2.24) is 19.5 Å². The molecule has 148 valence electrons. The van der Waals surface area contributed by atoms with Crippen molar-refractivity contribution >= 4 is 32.0 Å². The number of fused-ring (bicyclic) bond motifs is 1. The maximum Gasteiger partial charge on any atom is 0.192 e. The Labute approximate surface area is 160 Å². The Balaban J connectivity index is 1.78. The second kappa shape index (κ2) is 7.17. The fraction of sp³-hybridized carbons (Fsp3) is 0.647. The number of hydrogen-bond donors (Lipinski definition) is 1. The van der Waals surface area contributed by atoms with E-state index < -0.39 is 8.32 Å². The van der Waals surface area contributed by atoms with Crippen molar-refractivity contribution in [3.8, 4) is 0 Å². The largest absolute Gasteiger partial charge is 0.414 e. The van der Waals surface area contributed by atoms with Gasteiger partial charge in [-0.05, 0) is 18.1 Å². The Kier molecular flexibility index (Phi) is 5.24. The first-order valence-corrected chi connectivity index (χ1v) is 11.9. The first-order chi connectivity index (χ1) is 12.6. The highest BCUT2D eigenvalue weighted by Gasteiger charge is 2.43. The van der Waals surface area contributed by atoms with Gasteiger partial charge in [0.15, 0.2) is 25.9 Å². The number of ether oxygens (including phenoxy) is 1. The first-order valence-electron chi connectivity index (χ1n) is 8.98. The number of nitrogens with zero attached hydrogens (tertiary/aromatic N) is 5. The molecule has 0 bridgehead atoms. The number of aromatic nitrogens is 4. The van der Waals surface area contributed by atoms with Crippen LogP contribution in [-0.4, -0.2) is 53.4 Å².